The first-order valence-electron chi connectivity index (χ1n) is 7.14. The van der Waals surface area contributed by atoms with Crippen molar-refractivity contribution in [1.29, 1.82) is 0 Å². The highest BCUT2D eigenvalue weighted by Crippen LogP contribution is 2.11. The lowest BCUT2D eigenvalue weighted by molar-refractivity contribution is 0.414. The van der Waals surface area contributed by atoms with Crippen molar-refractivity contribution in [3.05, 3.63) is 42.5 Å². The average molecular weight is 307 g/mol. The molecule has 0 atom stereocenters. The minimum Gasteiger partial charge on any atom is -0.497 e. The lowest BCUT2D eigenvalue weighted by Crippen LogP contribution is -2.38. The van der Waals surface area contributed by atoms with Crippen molar-refractivity contribution in [1.82, 2.24) is 10.6 Å². The van der Waals surface area contributed by atoms with Crippen LogP contribution in [0.2, 0.25) is 0 Å². The molecule has 1 aromatic carbocycles. The second-order valence-electron chi connectivity index (χ2n) is 4.33. The van der Waals surface area contributed by atoms with Crippen LogP contribution in [0.3, 0.4) is 0 Å². The lowest BCUT2D eigenvalue weighted by Gasteiger charge is -2.11. The number of thioether (sulfide) groups is 1. The second-order valence-corrected chi connectivity index (χ2v) is 5.48. The van der Waals surface area contributed by atoms with Crippen molar-refractivity contribution in [3.8, 4) is 5.75 Å². The van der Waals surface area contributed by atoms with E-state index in [-0.39, 0.29) is 0 Å². The molecule has 21 heavy (non-hydrogen) atoms. The maximum Gasteiger partial charge on any atom is 0.191 e. The van der Waals surface area contributed by atoms with E-state index in [0.29, 0.717) is 6.54 Å². The molecule has 0 unspecified atom stereocenters. The molecular weight excluding hydrogens is 282 g/mol. The Hall–Kier alpha value is -1.62. The van der Waals surface area contributed by atoms with Crippen LogP contribution in [0, 0.1) is 0 Å². The third-order valence-electron chi connectivity index (χ3n) is 2.70. The van der Waals surface area contributed by atoms with Crippen molar-refractivity contribution >= 4 is 17.7 Å². The van der Waals surface area contributed by atoms with Crippen LogP contribution in [0.5, 0.6) is 5.75 Å². The summed E-state index contributed by atoms with van der Waals surface area (Å²) >= 11 is 1.85. The number of benzene rings is 1. The molecule has 1 rings (SSSR count). The highest BCUT2D eigenvalue weighted by atomic mass is 32.2. The molecule has 0 aliphatic rings. The third-order valence-corrected chi connectivity index (χ3v) is 3.66. The molecule has 0 aliphatic carbocycles. The number of aliphatic imine (C=N–C) groups is 1. The van der Waals surface area contributed by atoms with Crippen molar-refractivity contribution in [3.63, 3.8) is 0 Å². The molecule has 0 bridgehead atoms. The van der Waals surface area contributed by atoms with Gasteiger partial charge in [-0.15, -0.1) is 6.58 Å². The average Bonchev–Trinajstić information content (AvgIpc) is 2.52. The van der Waals surface area contributed by atoms with Crippen LogP contribution in [0.25, 0.3) is 0 Å². The van der Waals surface area contributed by atoms with Crippen LogP contribution < -0.4 is 15.4 Å². The summed E-state index contributed by atoms with van der Waals surface area (Å²) < 4.78 is 5.15. The number of ether oxygens (including phenoxy) is 1. The monoisotopic (exact) mass is 307 g/mol. The van der Waals surface area contributed by atoms with Crippen LogP contribution >= 0.6 is 11.8 Å². The van der Waals surface area contributed by atoms with Crippen LogP contribution in [0.15, 0.2) is 41.9 Å². The van der Waals surface area contributed by atoms with Gasteiger partial charge in [-0.2, -0.15) is 11.8 Å². The maximum atomic E-state index is 5.15. The maximum absolute atomic E-state index is 5.15. The van der Waals surface area contributed by atoms with Gasteiger partial charge in [-0.25, -0.2) is 4.99 Å². The van der Waals surface area contributed by atoms with Gasteiger partial charge in [-0.1, -0.05) is 18.2 Å². The van der Waals surface area contributed by atoms with Gasteiger partial charge in [0.25, 0.3) is 0 Å². The van der Waals surface area contributed by atoms with Gasteiger partial charge in [0, 0.05) is 24.6 Å². The minimum absolute atomic E-state index is 0.652. The molecular formula is C16H25N3OS. The van der Waals surface area contributed by atoms with E-state index >= 15 is 0 Å². The van der Waals surface area contributed by atoms with Crippen molar-refractivity contribution in [2.75, 3.05) is 31.7 Å². The van der Waals surface area contributed by atoms with E-state index in [4.69, 9.17) is 4.74 Å². The Morgan fingerprint density at radius 3 is 2.71 bits per heavy atom. The van der Waals surface area contributed by atoms with E-state index in [2.05, 4.69) is 29.1 Å². The molecule has 0 aromatic heterocycles. The summed E-state index contributed by atoms with van der Waals surface area (Å²) in [6, 6.07) is 7.98. The van der Waals surface area contributed by atoms with E-state index in [1.807, 2.05) is 42.1 Å². The quantitative estimate of drug-likeness (QED) is 0.319. The molecule has 0 aliphatic heterocycles. The molecule has 2 N–H and O–H groups in total. The Labute approximate surface area is 132 Å². The molecule has 0 saturated heterocycles. The summed E-state index contributed by atoms with van der Waals surface area (Å²) in [7, 11) is 1.67. The first-order chi connectivity index (χ1) is 10.3. The number of hydrogen-bond acceptors (Lipinski definition) is 3. The fourth-order valence-electron chi connectivity index (χ4n) is 1.65. The zero-order valence-corrected chi connectivity index (χ0v) is 13.7. The van der Waals surface area contributed by atoms with Crippen LogP contribution in [-0.4, -0.2) is 37.7 Å². The summed E-state index contributed by atoms with van der Waals surface area (Å²) in [4.78, 5) is 4.58. The number of rotatable bonds is 9. The van der Waals surface area contributed by atoms with Gasteiger partial charge < -0.3 is 15.4 Å². The molecule has 0 heterocycles. The van der Waals surface area contributed by atoms with Gasteiger partial charge in [-0.3, -0.25) is 0 Å². The summed E-state index contributed by atoms with van der Waals surface area (Å²) in [6.45, 7) is 8.18. The molecule has 0 amide bonds. The fraction of sp³-hybridized carbons (Fsp3) is 0.438. The summed E-state index contributed by atoms with van der Waals surface area (Å²) in [5.74, 6) is 3.75. The highest BCUT2D eigenvalue weighted by Gasteiger charge is 1.98. The predicted molar refractivity (Wildman–Crippen MR) is 93.3 cm³/mol. The van der Waals surface area contributed by atoms with E-state index in [9.17, 15) is 0 Å². The molecule has 5 heteroatoms. The third kappa shape index (κ3) is 7.66. The fourth-order valence-corrected chi connectivity index (χ4v) is 2.23. The standard InChI is InChI=1S/C16H25N3OS/c1-4-11-21-12-10-18-16(17-5-2)19-13-14-6-8-15(20-3)9-7-14/h4,6-9H,1,5,10-13H2,2-3H3,(H2,17,18,19). The van der Waals surface area contributed by atoms with Crippen molar-refractivity contribution in [2.45, 2.75) is 13.5 Å². The zero-order chi connectivity index (χ0) is 15.3. The Morgan fingerprint density at radius 2 is 2.10 bits per heavy atom. The summed E-state index contributed by atoms with van der Waals surface area (Å²) in [5, 5.41) is 6.58. The number of nitrogens with zero attached hydrogens (tertiary/aromatic N) is 1. The number of methoxy groups -OCH3 is 1. The van der Waals surface area contributed by atoms with Gasteiger partial charge in [0.1, 0.15) is 5.75 Å². The summed E-state index contributed by atoms with van der Waals surface area (Å²) in [6.07, 6.45) is 1.92. The van der Waals surface area contributed by atoms with E-state index < -0.39 is 0 Å². The largest absolute Gasteiger partial charge is 0.497 e. The minimum atomic E-state index is 0.652. The summed E-state index contributed by atoms with van der Waals surface area (Å²) in [5.41, 5.74) is 1.16. The number of nitrogens with one attached hydrogen (secondary N) is 2. The van der Waals surface area contributed by atoms with Crippen LogP contribution in [0.4, 0.5) is 0 Å². The van der Waals surface area contributed by atoms with E-state index in [0.717, 1.165) is 41.9 Å². The SMILES string of the molecule is C=CCSCCNC(=NCc1ccc(OC)cc1)NCC. The number of guanidine groups is 1. The van der Waals surface area contributed by atoms with Crippen LogP contribution in [0.1, 0.15) is 12.5 Å². The van der Waals surface area contributed by atoms with E-state index in [1.54, 1.807) is 7.11 Å². The van der Waals surface area contributed by atoms with Gasteiger partial charge in [0.05, 0.1) is 13.7 Å². The highest BCUT2D eigenvalue weighted by molar-refractivity contribution is 7.99. The second kappa shape index (κ2) is 11.1. The van der Waals surface area contributed by atoms with Gasteiger partial charge >= 0.3 is 0 Å². The predicted octanol–water partition coefficient (Wildman–Crippen LogP) is 2.67. The molecule has 0 saturated carbocycles. The smallest absolute Gasteiger partial charge is 0.191 e. The molecule has 4 nitrogen and oxygen atoms in total. The topological polar surface area (TPSA) is 45.7 Å². The van der Waals surface area contributed by atoms with E-state index in [1.165, 1.54) is 0 Å². The molecule has 0 radical (unpaired) electrons. The molecule has 1 aromatic rings. The first kappa shape index (κ1) is 17.4. The molecule has 116 valence electrons. The molecule has 0 fully saturated rings. The Morgan fingerprint density at radius 1 is 1.33 bits per heavy atom. The Kier molecular flexibility index (Phi) is 9.20. The first-order valence-corrected chi connectivity index (χ1v) is 8.29. The van der Waals surface area contributed by atoms with Gasteiger partial charge in [-0.05, 0) is 24.6 Å². The molecule has 0 spiro atoms. The van der Waals surface area contributed by atoms with Crippen LogP contribution in [-0.2, 0) is 6.54 Å². The van der Waals surface area contributed by atoms with Gasteiger partial charge in [0.15, 0.2) is 5.96 Å². The Bertz CT molecular complexity index is 432. The van der Waals surface area contributed by atoms with Gasteiger partial charge in [0.2, 0.25) is 0 Å². The Balaban J connectivity index is 2.43. The zero-order valence-electron chi connectivity index (χ0n) is 12.9. The van der Waals surface area contributed by atoms with Crippen molar-refractivity contribution in [2.24, 2.45) is 4.99 Å². The van der Waals surface area contributed by atoms with Crippen molar-refractivity contribution < 1.29 is 4.74 Å². The normalized spacial score (nSPS) is 11.0. The number of hydrogen-bond donors (Lipinski definition) is 2. The lowest BCUT2D eigenvalue weighted by atomic mass is 10.2.